The van der Waals surface area contributed by atoms with Gasteiger partial charge in [-0.1, -0.05) is 0 Å². The lowest BCUT2D eigenvalue weighted by Gasteiger charge is -2.50. The molecule has 31 heavy (non-hydrogen) atoms. The molecule has 1 saturated carbocycles. The third kappa shape index (κ3) is 6.38. The summed E-state index contributed by atoms with van der Waals surface area (Å²) >= 11 is 0. The van der Waals surface area contributed by atoms with Crippen LogP contribution in [0.5, 0.6) is 0 Å². The first kappa shape index (κ1) is 25.3. The molecule has 0 aromatic rings. The Morgan fingerprint density at radius 1 is 0.903 bits per heavy atom. The lowest BCUT2D eigenvalue weighted by molar-refractivity contribution is -0.0650. The van der Waals surface area contributed by atoms with Crippen LogP contribution in [0.2, 0.25) is 0 Å². The van der Waals surface area contributed by atoms with Crippen molar-refractivity contribution in [3.05, 3.63) is 0 Å². The molecule has 2 aliphatic heterocycles. The van der Waals surface area contributed by atoms with E-state index < -0.39 is 12.2 Å². The highest BCUT2D eigenvalue weighted by Gasteiger charge is 2.43. The van der Waals surface area contributed by atoms with Crippen LogP contribution in [0.4, 0.5) is 0 Å². The molecule has 1 aliphatic carbocycles. The molecule has 4 atom stereocenters. The summed E-state index contributed by atoms with van der Waals surface area (Å²) in [6, 6.07) is 0.170. The van der Waals surface area contributed by atoms with Crippen LogP contribution < -0.4 is 27.6 Å². The minimum atomic E-state index is -0.552. The van der Waals surface area contributed by atoms with Crippen LogP contribution >= 0.6 is 0 Å². The Morgan fingerprint density at radius 3 is 1.94 bits per heavy atom. The highest BCUT2D eigenvalue weighted by Crippen LogP contribution is 2.37. The molecule has 0 spiro atoms. The van der Waals surface area contributed by atoms with Gasteiger partial charge in [0, 0.05) is 42.2 Å². The van der Waals surface area contributed by atoms with Gasteiger partial charge in [0.15, 0.2) is 0 Å². The van der Waals surface area contributed by atoms with E-state index in [1.54, 1.807) is 0 Å². The molecule has 3 rings (SSSR count). The summed E-state index contributed by atoms with van der Waals surface area (Å²) in [4.78, 5) is 2.31. The molecule has 2 saturated heterocycles. The summed E-state index contributed by atoms with van der Waals surface area (Å²) in [7, 11) is 2.12. The summed E-state index contributed by atoms with van der Waals surface area (Å²) in [6.45, 7) is 10.8. The fourth-order valence-electron chi connectivity index (χ4n) is 6.64. The van der Waals surface area contributed by atoms with E-state index >= 15 is 0 Å². The molecule has 8 heteroatoms. The molecular weight excluding hydrogens is 392 g/mol. The number of nitrogens with two attached hydrogens (primary N) is 2. The first-order valence-electron chi connectivity index (χ1n) is 12.2. The van der Waals surface area contributed by atoms with Crippen molar-refractivity contribution >= 4 is 0 Å². The number of nitrogens with zero attached hydrogens (tertiary/aromatic N) is 1. The Balaban J connectivity index is 1.50. The van der Waals surface area contributed by atoms with Gasteiger partial charge in [-0.25, -0.2) is 0 Å². The molecule has 0 bridgehead atoms. The number of aliphatic hydroxyl groups excluding tert-OH is 2. The van der Waals surface area contributed by atoms with Crippen molar-refractivity contribution in [3.63, 3.8) is 0 Å². The lowest BCUT2D eigenvalue weighted by Crippen LogP contribution is -2.63. The van der Waals surface area contributed by atoms with Crippen molar-refractivity contribution in [2.75, 3.05) is 20.1 Å². The standard InChI is InChI=1S/C23H48N6O2/c1-22(2)10-16(11-23(3,4)28-22)29(5)20(25)7-6-17(24)21-18(30)8-14(9-19(21)31)15-12-26-27-13-15/h14-21,26-28,30-31H,6-13,24-25H2,1-5H3. The monoisotopic (exact) mass is 440 g/mol. The maximum Gasteiger partial charge on any atom is 0.0610 e. The number of hydrogen-bond donors (Lipinski definition) is 7. The summed E-state index contributed by atoms with van der Waals surface area (Å²) in [5.74, 6) is 0.519. The van der Waals surface area contributed by atoms with Crippen LogP contribution in [0, 0.1) is 17.8 Å². The van der Waals surface area contributed by atoms with Crippen LogP contribution in [-0.2, 0) is 0 Å². The average Bonchev–Trinajstić information content (AvgIpc) is 3.17. The minimum absolute atomic E-state index is 0.0774. The first-order chi connectivity index (χ1) is 14.4. The van der Waals surface area contributed by atoms with E-state index in [0.717, 1.165) is 32.4 Å². The quantitative estimate of drug-likeness (QED) is 0.277. The van der Waals surface area contributed by atoms with E-state index in [9.17, 15) is 10.2 Å². The molecular formula is C23H48N6O2. The topological polar surface area (TPSA) is 132 Å². The average molecular weight is 441 g/mol. The molecule has 0 amide bonds. The van der Waals surface area contributed by atoms with E-state index in [0.29, 0.717) is 37.1 Å². The number of rotatable bonds is 7. The van der Waals surface area contributed by atoms with E-state index in [2.05, 4.69) is 55.8 Å². The normalized spacial score (nSPS) is 36.6. The third-order valence-electron chi connectivity index (χ3n) is 8.06. The van der Waals surface area contributed by atoms with Crippen molar-refractivity contribution in [1.82, 2.24) is 21.1 Å². The smallest absolute Gasteiger partial charge is 0.0610 e. The van der Waals surface area contributed by atoms with E-state index in [1.807, 2.05) is 0 Å². The molecule has 0 radical (unpaired) electrons. The summed E-state index contributed by atoms with van der Waals surface area (Å²) in [6.07, 6.45) is 3.83. The molecule has 2 heterocycles. The maximum atomic E-state index is 10.8. The molecule has 182 valence electrons. The van der Waals surface area contributed by atoms with Crippen molar-refractivity contribution in [2.24, 2.45) is 29.2 Å². The van der Waals surface area contributed by atoms with E-state index in [-0.39, 0.29) is 29.2 Å². The fourth-order valence-corrected chi connectivity index (χ4v) is 6.64. The first-order valence-corrected chi connectivity index (χ1v) is 12.2. The minimum Gasteiger partial charge on any atom is -0.393 e. The van der Waals surface area contributed by atoms with Gasteiger partial charge < -0.3 is 27.0 Å². The van der Waals surface area contributed by atoms with Crippen LogP contribution in [0.1, 0.15) is 66.2 Å². The Bertz CT molecular complexity index is 554. The predicted molar refractivity (Wildman–Crippen MR) is 125 cm³/mol. The molecule has 0 aromatic carbocycles. The molecule has 9 N–H and O–H groups in total. The largest absolute Gasteiger partial charge is 0.393 e. The van der Waals surface area contributed by atoms with Gasteiger partial charge in [-0.2, -0.15) is 0 Å². The Hall–Kier alpha value is -0.320. The Morgan fingerprint density at radius 2 is 1.42 bits per heavy atom. The van der Waals surface area contributed by atoms with Crippen LogP contribution in [0.3, 0.4) is 0 Å². The van der Waals surface area contributed by atoms with Crippen molar-refractivity contribution in [2.45, 2.75) is 108 Å². The fraction of sp³-hybridized carbons (Fsp3) is 1.00. The second-order valence-corrected chi connectivity index (χ2v) is 11.9. The summed E-state index contributed by atoms with van der Waals surface area (Å²) in [5, 5.41) is 25.3. The van der Waals surface area contributed by atoms with Crippen LogP contribution in [-0.4, -0.2) is 76.8 Å². The van der Waals surface area contributed by atoms with Crippen molar-refractivity contribution in [3.8, 4) is 0 Å². The number of piperidine rings is 1. The molecule has 3 fully saturated rings. The maximum absolute atomic E-state index is 10.8. The van der Waals surface area contributed by atoms with Gasteiger partial charge in [0.05, 0.1) is 18.4 Å². The van der Waals surface area contributed by atoms with Gasteiger partial charge in [-0.3, -0.25) is 15.8 Å². The summed E-state index contributed by atoms with van der Waals surface area (Å²) in [5.41, 5.74) is 19.6. The van der Waals surface area contributed by atoms with Gasteiger partial charge in [-0.05, 0) is 85.1 Å². The van der Waals surface area contributed by atoms with Crippen LogP contribution in [0.15, 0.2) is 0 Å². The number of hydrazine groups is 1. The second kappa shape index (κ2) is 9.89. The van der Waals surface area contributed by atoms with Gasteiger partial charge in [-0.15, -0.1) is 0 Å². The molecule has 4 unspecified atom stereocenters. The van der Waals surface area contributed by atoms with Crippen molar-refractivity contribution < 1.29 is 10.2 Å². The SMILES string of the molecule is CN(C(N)CCC(N)C1C(O)CC(C2CNNC2)CC1O)C1CC(C)(C)NC(C)(C)C1. The van der Waals surface area contributed by atoms with Gasteiger partial charge >= 0.3 is 0 Å². The third-order valence-corrected chi connectivity index (χ3v) is 8.06. The number of hydrogen-bond acceptors (Lipinski definition) is 8. The zero-order chi connectivity index (χ0) is 23.0. The van der Waals surface area contributed by atoms with Gasteiger partial charge in [0.2, 0.25) is 0 Å². The predicted octanol–water partition coefficient (Wildman–Crippen LogP) is 0.0917. The van der Waals surface area contributed by atoms with E-state index in [4.69, 9.17) is 11.5 Å². The second-order valence-electron chi connectivity index (χ2n) is 11.9. The highest BCUT2D eigenvalue weighted by atomic mass is 16.3. The molecule has 3 aliphatic rings. The Kier molecular flexibility index (Phi) is 8.07. The molecule has 8 nitrogen and oxygen atoms in total. The van der Waals surface area contributed by atoms with Crippen LogP contribution in [0.25, 0.3) is 0 Å². The van der Waals surface area contributed by atoms with Gasteiger partial charge in [0.1, 0.15) is 0 Å². The summed E-state index contributed by atoms with van der Waals surface area (Å²) < 4.78 is 0. The Labute approximate surface area is 188 Å². The van der Waals surface area contributed by atoms with Crippen molar-refractivity contribution in [1.29, 1.82) is 0 Å². The number of aliphatic hydroxyl groups is 2. The zero-order valence-electron chi connectivity index (χ0n) is 20.3. The highest BCUT2D eigenvalue weighted by molar-refractivity contribution is 5.00. The van der Waals surface area contributed by atoms with Gasteiger partial charge in [0.25, 0.3) is 0 Å². The molecule has 0 aromatic heterocycles. The van der Waals surface area contributed by atoms with E-state index in [1.165, 1.54) is 0 Å². The zero-order valence-corrected chi connectivity index (χ0v) is 20.3. The lowest BCUT2D eigenvalue weighted by atomic mass is 9.70. The number of nitrogens with one attached hydrogen (secondary N) is 3.